The molecule has 10 heteroatoms. The van der Waals surface area contributed by atoms with Crippen LogP contribution in [0, 0.1) is 6.92 Å². The van der Waals surface area contributed by atoms with E-state index in [0.29, 0.717) is 23.1 Å². The van der Waals surface area contributed by atoms with E-state index in [1.807, 2.05) is 60.9 Å². The van der Waals surface area contributed by atoms with Crippen LogP contribution < -0.4 is 0 Å². The van der Waals surface area contributed by atoms with Gasteiger partial charge in [-0.15, -0.1) is 20.4 Å². The van der Waals surface area contributed by atoms with Crippen molar-refractivity contribution in [3.8, 4) is 17.1 Å². The summed E-state index contributed by atoms with van der Waals surface area (Å²) in [5, 5.41) is 23.7. The van der Waals surface area contributed by atoms with E-state index < -0.39 is 6.04 Å². The predicted molar refractivity (Wildman–Crippen MR) is 124 cm³/mol. The van der Waals surface area contributed by atoms with Gasteiger partial charge in [-0.1, -0.05) is 30.7 Å². The summed E-state index contributed by atoms with van der Waals surface area (Å²) < 4.78 is 1.98. The molecule has 1 aliphatic heterocycles. The van der Waals surface area contributed by atoms with Crippen molar-refractivity contribution in [2.75, 3.05) is 0 Å². The van der Waals surface area contributed by atoms with Gasteiger partial charge < -0.3 is 0 Å². The Hall–Kier alpha value is -3.72. The van der Waals surface area contributed by atoms with E-state index >= 15 is 0 Å². The number of carbonyl (C=O) groups excluding carboxylic acids is 1. The van der Waals surface area contributed by atoms with Crippen molar-refractivity contribution in [2.45, 2.75) is 39.2 Å². The number of aromatic nitrogens is 7. The summed E-state index contributed by atoms with van der Waals surface area (Å²) >= 11 is 6.15. The number of Topliss-reactive ketones (excluding diaryl/α,β-unsaturated/α-hetero) is 1. The summed E-state index contributed by atoms with van der Waals surface area (Å²) in [6, 6.07) is 12.9. The minimum Gasteiger partial charge on any atom is -0.300 e. The predicted octanol–water partition coefficient (Wildman–Crippen LogP) is 4.06. The summed E-state index contributed by atoms with van der Waals surface area (Å²) in [5.41, 5.74) is 4.14. The average Bonchev–Trinajstić information content (AvgIpc) is 3.45. The fourth-order valence-corrected chi connectivity index (χ4v) is 4.22. The Bertz CT molecular complexity index is 1340. The molecule has 166 valence electrons. The monoisotopic (exact) mass is 460 g/mol. The lowest BCUT2D eigenvalue weighted by Gasteiger charge is -2.13. The number of benzene rings is 2. The maximum atomic E-state index is 12.6. The molecule has 2 aromatic heterocycles. The third-order valence-electron chi connectivity index (χ3n) is 5.60. The van der Waals surface area contributed by atoms with Crippen molar-refractivity contribution in [1.29, 1.82) is 0 Å². The quantitative estimate of drug-likeness (QED) is 0.464. The van der Waals surface area contributed by atoms with Gasteiger partial charge >= 0.3 is 0 Å². The summed E-state index contributed by atoms with van der Waals surface area (Å²) in [6.45, 7) is 3.89. The third-order valence-corrected chi connectivity index (χ3v) is 5.85. The zero-order valence-electron chi connectivity index (χ0n) is 18.2. The molecule has 0 spiro atoms. The molecule has 33 heavy (non-hydrogen) atoms. The first kappa shape index (κ1) is 21.1. The molecular formula is C23H21ClN8O. The number of H-pyrrole nitrogens is 1. The highest BCUT2D eigenvalue weighted by atomic mass is 35.5. The van der Waals surface area contributed by atoms with Gasteiger partial charge in [-0.2, -0.15) is 5.21 Å². The van der Waals surface area contributed by atoms with Gasteiger partial charge in [0, 0.05) is 34.6 Å². The molecule has 1 atom stereocenters. The Morgan fingerprint density at radius 1 is 1.09 bits per heavy atom. The van der Waals surface area contributed by atoms with Gasteiger partial charge in [-0.25, -0.2) is 0 Å². The molecule has 2 aromatic carbocycles. The van der Waals surface area contributed by atoms with E-state index in [-0.39, 0.29) is 12.2 Å². The molecule has 0 amide bonds. The molecule has 9 nitrogen and oxygen atoms in total. The molecule has 0 fully saturated rings. The number of hydrogen-bond acceptors (Lipinski definition) is 7. The number of carbonyl (C=O) groups is 1. The van der Waals surface area contributed by atoms with E-state index in [1.165, 1.54) is 0 Å². The summed E-state index contributed by atoms with van der Waals surface area (Å²) in [5.74, 6) is 1.99. The van der Waals surface area contributed by atoms with Gasteiger partial charge in [0.1, 0.15) is 17.6 Å². The molecule has 1 aliphatic rings. The van der Waals surface area contributed by atoms with Crippen molar-refractivity contribution in [3.63, 3.8) is 0 Å². The SMILES string of the molecule is CCCC(=O)C[C@@H]1N=C(c2ccc(Cl)cc2)c2cc(-c3nn[nH]n3)ccc2-n2c(C)nnc21. The molecule has 3 heterocycles. The zero-order chi connectivity index (χ0) is 22.9. The third kappa shape index (κ3) is 3.95. The molecule has 0 unspecified atom stereocenters. The summed E-state index contributed by atoms with van der Waals surface area (Å²) in [7, 11) is 0. The van der Waals surface area contributed by atoms with Crippen LogP contribution in [0.15, 0.2) is 47.5 Å². The number of tetrazole rings is 1. The standard InChI is InChI=1S/C23H21ClN8O/c1-3-4-17(33)12-19-23-29-26-13(2)32(23)20-10-7-15(22-27-30-31-28-22)11-18(20)21(25-19)14-5-8-16(24)9-6-14/h5-11,19H,3-4,12H2,1-2H3,(H,27,28,30,31)/t19-/m0/s1. The smallest absolute Gasteiger partial charge is 0.204 e. The largest absolute Gasteiger partial charge is 0.300 e. The molecule has 0 radical (unpaired) electrons. The van der Waals surface area contributed by atoms with E-state index in [4.69, 9.17) is 16.6 Å². The van der Waals surface area contributed by atoms with Crippen molar-refractivity contribution in [1.82, 2.24) is 35.4 Å². The number of ketones is 1. The van der Waals surface area contributed by atoms with Crippen LogP contribution in [-0.2, 0) is 4.79 Å². The van der Waals surface area contributed by atoms with Crippen molar-refractivity contribution < 1.29 is 4.79 Å². The number of hydrogen-bond donors (Lipinski definition) is 1. The van der Waals surface area contributed by atoms with E-state index in [2.05, 4.69) is 30.8 Å². The van der Waals surface area contributed by atoms with Crippen LogP contribution in [0.5, 0.6) is 0 Å². The van der Waals surface area contributed by atoms with Crippen LogP contribution in [0.4, 0.5) is 0 Å². The Morgan fingerprint density at radius 2 is 1.88 bits per heavy atom. The highest BCUT2D eigenvalue weighted by Crippen LogP contribution is 2.34. The van der Waals surface area contributed by atoms with Crippen molar-refractivity contribution in [2.24, 2.45) is 4.99 Å². The second kappa shape index (κ2) is 8.67. The first-order valence-corrected chi connectivity index (χ1v) is 11.1. The fraction of sp³-hybridized carbons (Fsp3) is 0.261. The normalized spacial score (nSPS) is 14.9. The van der Waals surface area contributed by atoms with Gasteiger partial charge in [0.15, 0.2) is 5.82 Å². The number of aromatic amines is 1. The van der Waals surface area contributed by atoms with Crippen LogP contribution in [0.3, 0.4) is 0 Å². The number of rotatable bonds is 6. The Balaban J connectivity index is 1.75. The first-order valence-electron chi connectivity index (χ1n) is 10.7. The second-order valence-electron chi connectivity index (χ2n) is 7.90. The van der Waals surface area contributed by atoms with Crippen molar-refractivity contribution >= 4 is 23.1 Å². The van der Waals surface area contributed by atoms with Crippen LogP contribution in [0.25, 0.3) is 17.1 Å². The molecule has 0 saturated carbocycles. The van der Waals surface area contributed by atoms with Crippen LogP contribution in [-0.4, -0.2) is 46.9 Å². The Kier molecular flexibility index (Phi) is 5.55. The minimum atomic E-state index is -0.461. The van der Waals surface area contributed by atoms with Gasteiger partial charge in [-0.3, -0.25) is 14.4 Å². The number of nitrogens with one attached hydrogen (secondary N) is 1. The molecule has 0 saturated heterocycles. The lowest BCUT2D eigenvalue weighted by molar-refractivity contribution is -0.119. The lowest BCUT2D eigenvalue weighted by Crippen LogP contribution is -2.11. The first-order chi connectivity index (χ1) is 16.0. The molecule has 0 bridgehead atoms. The zero-order valence-corrected chi connectivity index (χ0v) is 18.9. The van der Waals surface area contributed by atoms with Crippen LogP contribution >= 0.6 is 11.6 Å². The number of aliphatic imine (C=N–C) groups is 1. The van der Waals surface area contributed by atoms with Crippen LogP contribution in [0.1, 0.15) is 55.0 Å². The highest BCUT2D eigenvalue weighted by Gasteiger charge is 2.30. The van der Waals surface area contributed by atoms with Gasteiger partial charge in [0.2, 0.25) is 5.82 Å². The molecule has 0 aliphatic carbocycles. The number of halogens is 1. The van der Waals surface area contributed by atoms with Crippen molar-refractivity contribution in [3.05, 3.63) is 70.3 Å². The molecular weight excluding hydrogens is 440 g/mol. The van der Waals surface area contributed by atoms with Gasteiger partial charge in [0.25, 0.3) is 0 Å². The fourth-order valence-electron chi connectivity index (χ4n) is 4.09. The Labute approximate surface area is 194 Å². The maximum Gasteiger partial charge on any atom is 0.204 e. The van der Waals surface area contributed by atoms with E-state index in [0.717, 1.165) is 40.3 Å². The average molecular weight is 461 g/mol. The highest BCUT2D eigenvalue weighted by molar-refractivity contribution is 6.30. The maximum absolute atomic E-state index is 12.6. The summed E-state index contributed by atoms with van der Waals surface area (Å²) in [6.07, 6.45) is 1.55. The van der Waals surface area contributed by atoms with E-state index in [1.54, 1.807) is 0 Å². The number of aryl methyl sites for hydroxylation is 1. The molecule has 5 rings (SSSR count). The van der Waals surface area contributed by atoms with E-state index in [9.17, 15) is 4.79 Å². The van der Waals surface area contributed by atoms with Gasteiger partial charge in [0.05, 0.1) is 11.4 Å². The number of nitrogens with zero attached hydrogens (tertiary/aromatic N) is 7. The summed E-state index contributed by atoms with van der Waals surface area (Å²) in [4.78, 5) is 17.7. The topological polar surface area (TPSA) is 115 Å². The second-order valence-corrected chi connectivity index (χ2v) is 8.34. The minimum absolute atomic E-state index is 0.146. The van der Waals surface area contributed by atoms with Crippen LogP contribution in [0.2, 0.25) is 5.02 Å². The Morgan fingerprint density at radius 3 is 2.61 bits per heavy atom. The van der Waals surface area contributed by atoms with Gasteiger partial charge in [-0.05, 0) is 48.9 Å². The molecule has 1 N–H and O–H groups in total. The number of fused-ring (bicyclic) bond motifs is 3. The molecule has 4 aromatic rings. The lowest BCUT2D eigenvalue weighted by atomic mass is 9.98.